The summed E-state index contributed by atoms with van der Waals surface area (Å²) in [5, 5.41) is 4.13. The third-order valence-electron chi connectivity index (χ3n) is 5.20. The fourth-order valence-corrected chi connectivity index (χ4v) is 3.59. The van der Waals surface area contributed by atoms with Crippen molar-refractivity contribution in [2.24, 2.45) is 0 Å². The number of hydrogen-bond acceptors (Lipinski definition) is 6. The van der Waals surface area contributed by atoms with Gasteiger partial charge in [-0.2, -0.15) is 4.98 Å². The number of carbonyl (C=O) groups is 1. The Morgan fingerprint density at radius 2 is 2.08 bits per heavy atom. The molecule has 0 radical (unpaired) electrons. The molecule has 2 aliphatic heterocycles. The third-order valence-corrected chi connectivity index (χ3v) is 5.20. The van der Waals surface area contributed by atoms with Crippen molar-refractivity contribution in [1.82, 2.24) is 15.0 Å². The lowest BCUT2D eigenvalue weighted by Crippen LogP contribution is -2.38. The Labute approximate surface area is 152 Å². The maximum atomic E-state index is 12.7. The number of nitrogens with zero attached hydrogens (tertiary/aromatic N) is 3. The number of amides is 1. The van der Waals surface area contributed by atoms with E-state index in [1.165, 1.54) is 0 Å². The van der Waals surface area contributed by atoms with Crippen LogP contribution in [0.1, 0.15) is 53.2 Å². The molecule has 4 rings (SSSR count). The molecule has 1 aromatic carbocycles. The molecular formula is C19H23N3O4. The van der Waals surface area contributed by atoms with Crippen LogP contribution in [0.5, 0.6) is 5.75 Å². The highest BCUT2D eigenvalue weighted by Crippen LogP contribution is 2.30. The maximum absolute atomic E-state index is 12.7. The Bertz CT molecular complexity index is 762. The Kier molecular flexibility index (Phi) is 4.88. The first-order valence-electron chi connectivity index (χ1n) is 9.09. The van der Waals surface area contributed by atoms with Crippen LogP contribution in [-0.4, -0.2) is 54.4 Å². The molecule has 2 aromatic rings. The van der Waals surface area contributed by atoms with Gasteiger partial charge in [-0.25, -0.2) is 0 Å². The van der Waals surface area contributed by atoms with E-state index in [9.17, 15) is 4.79 Å². The van der Waals surface area contributed by atoms with E-state index in [4.69, 9.17) is 14.0 Å². The van der Waals surface area contributed by atoms with Crippen molar-refractivity contribution in [3.63, 3.8) is 0 Å². The van der Waals surface area contributed by atoms with Crippen molar-refractivity contribution in [1.29, 1.82) is 0 Å². The number of carbonyl (C=O) groups excluding carboxylic acids is 1. The van der Waals surface area contributed by atoms with E-state index in [-0.39, 0.29) is 17.7 Å². The molecule has 2 aliphatic rings. The molecule has 7 heteroatoms. The second-order valence-electron chi connectivity index (χ2n) is 6.85. The highest BCUT2D eigenvalue weighted by molar-refractivity contribution is 5.94. The lowest BCUT2D eigenvalue weighted by atomic mass is 9.96. The first-order chi connectivity index (χ1) is 12.7. The van der Waals surface area contributed by atoms with E-state index >= 15 is 0 Å². The van der Waals surface area contributed by atoms with Crippen molar-refractivity contribution < 1.29 is 18.8 Å². The van der Waals surface area contributed by atoms with Gasteiger partial charge >= 0.3 is 0 Å². The number of aromatic nitrogens is 2. The minimum absolute atomic E-state index is 0.0386. The van der Waals surface area contributed by atoms with Gasteiger partial charge in [0.25, 0.3) is 5.91 Å². The van der Waals surface area contributed by atoms with E-state index in [0.717, 1.165) is 31.7 Å². The normalized spacial score (nSPS) is 21.1. The van der Waals surface area contributed by atoms with E-state index in [1.54, 1.807) is 13.2 Å². The van der Waals surface area contributed by atoms with Crippen LogP contribution in [0.4, 0.5) is 0 Å². The van der Waals surface area contributed by atoms with Gasteiger partial charge in [0.2, 0.25) is 5.89 Å². The van der Waals surface area contributed by atoms with Crippen molar-refractivity contribution >= 4 is 5.91 Å². The van der Waals surface area contributed by atoms with E-state index < -0.39 is 0 Å². The van der Waals surface area contributed by atoms with Gasteiger partial charge < -0.3 is 18.9 Å². The van der Waals surface area contributed by atoms with Gasteiger partial charge in [0.05, 0.1) is 13.7 Å². The molecule has 26 heavy (non-hydrogen) atoms. The summed E-state index contributed by atoms with van der Waals surface area (Å²) in [6, 6.07) is 7.28. The number of benzene rings is 1. The average Bonchev–Trinajstić information content (AvgIpc) is 3.39. The fourth-order valence-electron chi connectivity index (χ4n) is 3.59. The molecule has 0 spiro atoms. The van der Waals surface area contributed by atoms with Gasteiger partial charge in [0, 0.05) is 37.1 Å². The molecule has 0 bridgehead atoms. The monoisotopic (exact) mass is 357 g/mol. The molecule has 0 aliphatic carbocycles. The second kappa shape index (κ2) is 7.45. The van der Waals surface area contributed by atoms with E-state index in [2.05, 4.69) is 10.1 Å². The Morgan fingerprint density at radius 3 is 2.81 bits per heavy atom. The van der Waals surface area contributed by atoms with Crippen LogP contribution in [0.25, 0.3) is 0 Å². The molecule has 0 unspecified atom stereocenters. The highest BCUT2D eigenvalue weighted by Gasteiger charge is 2.30. The largest absolute Gasteiger partial charge is 0.497 e. The Hall–Kier alpha value is -2.41. The molecule has 0 saturated carbocycles. The Balaban J connectivity index is 1.37. The van der Waals surface area contributed by atoms with E-state index in [0.29, 0.717) is 36.9 Å². The van der Waals surface area contributed by atoms with Crippen LogP contribution in [0, 0.1) is 0 Å². The van der Waals surface area contributed by atoms with Gasteiger partial charge in [-0.15, -0.1) is 0 Å². The third kappa shape index (κ3) is 3.44. The summed E-state index contributed by atoms with van der Waals surface area (Å²) in [7, 11) is 1.60. The number of methoxy groups -OCH3 is 1. The molecule has 2 fully saturated rings. The van der Waals surface area contributed by atoms with Gasteiger partial charge in [-0.1, -0.05) is 11.2 Å². The summed E-state index contributed by atoms with van der Waals surface area (Å²) in [6.07, 6.45) is 2.61. The van der Waals surface area contributed by atoms with Gasteiger partial charge in [0.1, 0.15) is 5.75 Å². The van der Waals surface area contributed by atoms with Crippen molar-refractivity contribution in [2.45, 2.75) is 31.1 Å². The number of likely N-dealkylation sites (tertiary alicyclic amines) is 1. The van der Waals surface area contributed by atoms with Crippen LogP contribution < -0.4 is 4.74 Å². The number of rotatable bonds is 4. The average molecular weight is 357 g/mol. The predicted molar refractivity (Wildman–Crippen MR) is 93.3 cm³/mol. The van der Waals surface area contributed by atoms with Gasteiger partial charge in [-0.3, -0.25) is 4.79 Å². The summed E-state index contributed by atoms with van der Waals surface area (Å²) < 4.78 is 16.1. The summed E-state index contributed by atoms with van der Waals surface area (Å²) in [5.74, 6) is 2.65. The summed E-state index contributed by atoms with van der Waals surface area (Å²) in [5.41, 5.74) is 0.657. The van der Waals surface area contributed by atoms with Crippen LogP contribution in [0.2, 0.25) is 0 Å². The van der Waals surface area contributed by atoms with Crippen molar-refractivity contribution in [2.75, 3.05) is 33.4 Å². The SMILES string of the molecule is COc1cccc(C(=O)N2CCC(c3nc([C@H]4CCOC4)no3)CC2)c1. The van der Waals surface area contributed by atoms with Crippen LogP contribution in [0.3, 0.4) is 0 Å². The van der Waals surface area contributed by atoms with Crippen LogP contribution in [-0.2, 0) is 4.74 Å². The highest BCUT2D eigenvalue weighted by atomic mass is 16.5. The minimum atomic E-state index is 0.0386. The van der Waals surface area contributed by atoms with Gasteiger partial charge in [0.15, 0.2) is 5.82 Å². The summed E-state index contributed by atoms with van der Waals surface area (Å²) in [4.78, 5) is 19.2. The summed E-state index contributed by atoms with van der Waals surface area (Å²) in [6.45, 7) is 2.81. The maximum Gasteiger partial charge on any atom is 0.253 e. The lowest BCUT2D eigenvalue weighted by molar-refractivity contribution is 0.0704. The molecule has 3 heterocycles. The molecule has 1 aromatic heterocycles. The van der Waals surface area contributed by atoms with Crippen molar-refractivity contribution in [3.05, 3.63) is 41.5 Å². The van der Waals surface area contributed by atoms with Gasteiger partial charge in [-0.05, 0) is 37.5 Å². The second-order valence-corrected chi connectivity index (χ2v) is 6.85. The predicted octanol–water partition coefficient (Wildman–Crippen LogP) is 2.60. The fraction of sp³-hybridized carbons (Fsp3) is 0.526. The number of ether oxygens (including phenoxy) is 2. The quantitative estimate of drug-likeness (QED) is 0.837. The van der Waals surface area contributed by atoms with Crippen molar-refractivity contribution in [3.8, 4) is 5.75 Å². The zero-order chi connectivity index (χ0) is 17.9. The zero-order valence-electron chi connectivity index (χ0n) is 14.9. The lowest BCUT2D eigenvalue weighted by Gasteiger charge is -2.30. The van der Waals surface area contributed by atoms with E-state index in [1.807, 2.05) is 23.1 Å². The molecule has 1 amide bonds. The first-order valence-corrected chi connectivity index (χ1v) is 9.09. The first kappa shape index (κ1) is 17.0. The molecule has 1 atom stereocenters. The number of piperidine rings is 1. The molecule has 2 saturated heterocycles. The molecule has 0 N–H and O–H groups in total. The van der Waals surface area contributed by atoms with Crippen LogP contribution in [0.15, 0.2) is 28.8 Å². The van der Waals surface area contributed by atoms with Crippen LogP contribution >= 0.6 is 0 Å². The molecule has 138 valence electrons. The Morgan fingerprint density at radius 1 is 1.23 bits per heavy atom. The smallest absolute Gasteiger partial charge is 0.253 e. The number of hydrogen-bond donors (Lipinski definition) is 0. The summed E-state index contributed by atoms with van der Waals surface area (Å²) >= 11 is 0. The topological polar surface area (TPSA) is 77.7 Å². The minimum Gasteiger partial charge on any atom is -0.497 e. The molecule has 7 nitrogen and oxygen atoms in total. The molecular weight excluding hydrogens is 334 g/mol. The standard InChI is InChI=1S/C19H23N3O4/c1-24-16-4-2-3-14(11-16)19(23)22-8-5-13(6-9-22)18-20-17(21-26-18)15-7-10-25-12-15/h2-4,11,13,15H,5-10,12H2,1H3/t15-/m0/s1. The zero-order valence-corrected chi connectivity index (χ0v) is 14.9.